The van der Waals surface area contributed by atoms with Crippen LogP contribution in [0.3, 0.4) is 0 Å². The number of amides is 2. The topological polar surface area (TPSA) is 82.4 Å². The number of nitrogens with zero attached hydrogens (tertiary/aromatic N) is 2. The zero-order valence-electron chi connectivity index (χ0n) is 16.9. The number of aromatic nitrogens is 1. The highest BCUT2D eigenvalue weighted by atomic mass is 19.1. The smallest absolute Gasteiger partial charge is 0.298 e. The zero-order valence-corrected chi connectivity index (χ0v) is 16.9. The van der Waals surface area contributed by atoms with Gasteiger partial charge in [-0.05, 0) is 57.1 Å². The first-order valence-electron chi connectivity index (χ1n) is 9.93. The van der Waals surface area contributed by atoms with E-state index in [0.29, 0.717) is 36.2 Å². The van der Waals surface area contributed by atoms with Crippen molar-refractivity contribution in [2.24, 2.45) is 11.7 Å². The average molecular weight is 396 g/mol. The summed E-state index contributed by atoms with van der Waals surface area (Å²) in [6.07, 6.45) is 1.92. The number of halogens is 1. The van der Waals surface area contributed by atoms with E-state index in [4.69, 9.17) is 5.73 Å². The minimum absolute atomic E-state index is 0.0164. The van der Waals surface area contributed by atoms with Crippen molar-refractivity contribution in [1.29, 1.82) is 0 Å². The monoisotopic (exact) mass is 396 g/mol. The highest BCUT2D eigenvalue weighted by molar-refractivity contribution is 6.10. The van der Waals surface area contributed by atoms with Crippen molar-refractivity contribution in [2.75, 3.05) is 24.5 Å². The molecular weight excluding hydrogens is 371 g/mol. The second-order valence-corrected chi connectivity index (χ2v) is 7.99. The number of aryl methyl sites for hydroxylation is 2. The fourth-order valence-electron chi connectivity index (χ4n) is 4.90. The maximum atomic E-state index is 15.3. The maximum absolute atomic E-state index is 15.3. The van der Waals surface area contributed by atoms with Crippen LogP contribution in [0.25, 0.3) is 10.9 Å². The lowest BCUT2D eigenvalue weighted by molar-refractivity contribution is -0.129. The van der Waals surface area contributed by atoms with Gasteiger partial charge < -0.3 is 20.5 Å². The molecule has 0 unspecified atom stereocenters. The fraction of sp³-hybridized carbons (Fsp3) is 0.455. The van der Waals surface area contributed by atoms with Crippen molar-refractivity contribution < 1.29 is 14.0 Å². The highest BCUT2D eigenvalue weighted by Crippen LogP contribution is 2.40. The molecule has 2 aromatic rings. The Kier molecular flexibility index (Phi) is 4.73. The Bertz CT molecular complexity index is 1080. The second kappa shape index (κ2) is 7.11. The summed E-state index contributed by atoms with van der Waals surface area (Å²) in [5.41, 5.74) is 8.48. The molecule has 0 spiro atoms. The third-order valence-corrected chi connectivity index (χ3v) is 6.36. The van der Waals surface area contributed by atoms with E-state index >= 15 is 4.39 Å². The van der Waals surface area contributed by atoms with Crippen molar-refractivity contribution in [3.05, 3.63) is 28.7 Å². The Balaban J connectivity index is 1.79. The number of primary amides is 1. The largest absolute Gasteiger partial charge is 0.366 e. The lowest BCUT2D eigenvalue weighted by Crippen LogP contribution is -2.48. The molecule has 29 heavy (non-hydrogen) atoms. The molecule has 0 bridgehead atoms. The molecule has 4 rings (SSSR count). The third-order valence-electron chi connectivity index (χ3n) is 6.36. The maximum Gasteiger partial charge on any atom is 0.298 e. The van der Waals surface area contributed by atoms with Crippen LogP contribution in [-0.2, 0) is 4.79 Å². The average Bonchev–Trinajstić information content (AvgIpc) is 3.23. The Morgan fingerprint density at radius 2 is 2.07 bits per heavy atom. The Hall–Kier alpha value is -3.01. The van der Waals surface area contributed by atoms with Crippen LogP contribution in [0.4, 0.5) is 10.1 Å². The zero-order chi connectivity index (χ0) is 20.9. The Morgan fingerprint density at radius 3 is 2.76 bits per heavy atom. The van der Waals surface area contributed by atoms with Crippen LogP contribution in [0.2, 0.25) is 0 Å². The number of benzene rings is 1. The fourth-order valence-corrected chi connectivity index (χ4v) is 4.90. The van der Waals surface area contributed by atoms with Gasteiger partial charge in [0.05, 0.1) is 22.8 Å². The van der Waals surface area contributed by atoms with Gasteiger partial charge in [0.25, 0.3) is 11.8 Å². The van der Waals surface area contributed by atoms with Crippen LogP contribution in [-0.4, -0.2) is 47.4 Å². The molecule has 0 aliphatic carbocycles. The van der Waals surface area contributed by atoms with Crippen molar-refractivity contribution >= 4 is 28.4 Å². The molecule has 2 amide bonds. The van der Waals surface area contributed by atoms with Crippen LogP contribution in [0, 0.1) is 37.4 Å². The van der Waals surface area contributed by atoms with Crippen molar-refractivity contribution in [2.45, 2.75) is 39.7 Å². The van der Waals surface area contributed by atoms with E-state index in [1.807, 2.05) is 23.6 Å². The van der Waals surface area contributed by atoms with Crippen LogP contribution < -0.4 is 10.6 Å². The molecule has 2 atom stereocenters. The number of fused-ring (bicyclic) bond motifs is 2. The van der Waals surface area contributed by atoms with Crippen LogP contribution in [0.1, 0.15) is 41.4 Å². The molecule has 3 heterocycles. The van der Waals surface area contributed by atoms with Gasteiger partial charge in [0.1, 0.15) is 5.82 Å². The first-order valence-corrected chi connectivity index (χ1v) is 9.93. The molecule has 2 aliphatic heterocycles. The molecule has 2 saturated heterocycles. The van der Waals surface area contributed by atoms with Crippen molar-refractivity contribution in [3.63, 3.8) is 0 Å². The van der Waals surface area contributed by atoms with E-state index in [1.165, 1.54) is 6.07 Å². The summed E-state index contributed by atoms with van der Waals surface area (Å²) in [5.74, 6) is 4.32. The number of carbonyl (C=O) groups excluding carboxylic acids is 2. The number of H-pyrrole nitrogens is 1. The predicted molar refractivity (Wildman–Crippen MR) is 110 cm³/mol. The van der Waals surface area contributed by atoms with Gasteiger partial charge in [-0.3, -0.25) is 9.59 Å². The van der Waals surface area contributed by atoms with Gasteiger partial charge >= 0.3 is 0 Å². The lowest BCUT2D eigenvalue weighted by Gasteiger charge is -2.35. The standard InChI is InChI=1S/C22H25FN4O2/c1-4-6-18(28)27-8-5-7-14-10-26(11-17(14)27)21-16(23)9-15(22(24)29)20-19(21)12(2)13(3)25-20/h9,14,17,25H,5,7-8,10-11H2,1-3H3,(H2,24,29)/t14-,17+/m0/s1. The summed E-state index contributed by atoms with van der Waals surface area (Å²) in [4.78, 5) is 31.4. The van der Waals surface area contributed by atoms with Gasteiger partial charge in [-0.15, -0.1) is 0 Å². The molecule has 1 aromatic heterocycles. The van der Waals surface area contributed by atoms with Crippen LogP contribution in [0.5, 0.6) is 0 Å². The summed E-state index contributed by atoms with van der Waals surface area (Å²) in [6.45, 7) is 7.37. The lowest BCUT2D eigenvalue weighted by atomic mass is 9.92. The van der Waals surface area contributed by atoms with Gasteiger partial charge in [0.2, 0.25) is 0 Å². The van der Waals surface area contributed by atoms with Gasteiger partial charge in [-0.25, -0.2) is 4.39 Å². The number of carbonyl (C=O) groups is 2. The first-order chi connectivity index (χ1) is 13.8. The van der Waals surface area contributed by atoms with E-state index in [1.54, 1.807) is 6.92 Å². The van der Waals surface area contributed by atoms with Gasteiger partial charge in [-0.2, -0.15) is 0 Å². The summed E-state index contributed by atoms with van der Waals surface area (Å²) < 4.78 is 15.3. The number of hydrogen-bond acceptors (Lipinski definition) is 3. The number of nitrogens with one attached hydrogen (secondary N) is 1. The molecule has 0 radical (unpaired) electrons. The number of hydrogen-bond donors (Lipinski definition) is 2. The van der Waals surface area contributed by atoms with Gasteiger partial charge in [0, 0.05) is 30.7 Å². The number of anilines is 1. The van der Waals surface area contributed by atoms with E-state index < -0.39 is 11.7 Å². The number of aromatic amines is 1. The van der Waals surface area contributed by atoms with Gasteiger partial charge in [0.15, 0.2) is 0 Å². The first kappa shape index (κ1) is 19.3. The molecule has 152 valence electrons. The molecule has 7 heteroatoms. The van der Waals surface area contributed by atoms with Crippen LogP contribution in [0.15, 0.2) is 6.07 Å². The highest BCUT2D eigenvalue weighted by Gasteiger charge is 2.42. The van der Waals surface area contributed by atoms with Crippen molar-refractivity contribution in [1.82, 2.24) is 9.88 Å². The summed E-state index contributed by atoms with van der Waals surface area (Å²) in [7, 11) is 0. The summed E-state index contributed by atoms with van der Waals surface area (Å²) >= 11 is 0. The molecule has 6 nitrogen and oxygen atoms in total. The minimum atomic E-state index is -0.660. The van der Waals surface area contributed by atoms with E-state index in [-0.39, 0.29) is 23.4 Å². The number of nitrogens with two attached hydrogens (primary N) is 1. The molecule has 1 aromatic carbocycles. The Morgan fingerprint density at radius 1 is 1.31 bits per heavy atom. The number of piperidine rings is 1. The summed E-state index contributed by atoms with van der Waals surface area (Å²) in [6, 6.07) is 1.24. The normalized spacial score (nSPS) is 21.1. The van der Waals surface area contributed by atoms with Crippen molar-refractivity contribution in [3.8, 4) is 11.8 Å². The molecular formula is C22H25FN4O2. The third kappa shape index (κ3) is 3.03. The molecule has 3 N–H and O–H groups in total. The molecule has 2 aliphatic rings. The SMILES string of the molecule is CC#CC(=O)N1CCC[C@H]2CN(c3c(F)cc(C(N)=O)c4[nH]c(C)c(C)c34)C[C@H]21. The quantitative estimate of drug-likeness (QED) is 0.765. The summed E-state index contributed by atoms with van der Waals surface area (Å²) in [5, 5.41) is 0.696. The number of rotatable bonds is 2. The van der Waals surface area contributed by atoms with Crippen LogP contribution >= 0.6 is 0 Å². The second-order valence-electron chi connectivity index (χ2n) is 7.99. The number of likely N-dealkylation sites (tertiary alicyclic amines) is 1. The van der Waals surface area contributed by atoms with E-state index in [2.05, 4.69) is 16.8 Å². The van der Waals surface area contributed by atoms with E-state index in [9.17, 15) is 9.59 Å². The minimum Gasteiger partial charge on any atom is -0.366 e. The molecule has 0 saturated carbocycles. The van der Waals surface area contributed by atoms with E-state index in [0.717, 1.165) is 24.1 Å². The van der Waals surface area contributed by atoms with Gasteiger partial charge in [-0.1, -0.05) is 5.92 Å². The predicted octanol–water partition coefficient (Wildman–Crippen LogP) is 2.47. The Labute approximate surface area is 169 Å². The molecule has 2 fully saturated rings.